The number of rotatable bonds is 4. The molecule has 7 nitrogen and oxygen atoms in total. The van der Waals surface area contributed by atoms with Crippen LogP contribution in [-0.4, -0.2) is 46.6 Å². The maximum absolute atomic E-state index is 12.8. The molecule has 2 aliphatic heterocycles. The summed E-state index contributed by atoms with van der Waals surface area (Å²) >= 11 is 1.56. The molecular weight excluding hydrogens is 352 g/mol. The third-order valence-corrected chi connectivity index (χ3v) is 5.35. The fourth-order valence-electron chi connectivity index (χ4n) is 3.07. The van der Waals surface area contributed by atoms with E-state index in [1.54, 1.807) is 11.3 Å². The van der Waals surface area contributed by atoms with Gasteiger partial charge in [0.25, 0.3) is 11.8 Å². The van der Waals surface area contributed by atoms with E-state index in [2.05, 4.69) is 10.4 Å². The molecule has 1 fully saturated rings. The van der Waals surface area contributed by atoms with Crippen molar-refractivity contribution in [1.82, 2.24) is 15.2 Å². The Balaban J connectivity index is 1.61. The van der Waals surface area contributed by atoms with E-state index in [1.165, 1.54) is 5.01 Å². The molecular formula is C18H16N4O3S. The lowest BCUT2D eigenvalue weighted by atomic mass is 10.0. The van der Waals surface area contributed by atoms with Crippen molar-refractivity contribution in [2.45, 2.75) is 12.5 Å². The number of amides is 4. The smallest absolute Gasteiger partial charge is 0.325 e. The van der Waals surface area contributed by atoms with E-state index in [0.29, 0.717) is 6.42 Å². The molecule has 0 spiro atoms. The molecule has 8 heteroatoms. The zero-order chi connectivity index (χ0) is 18.1. The fraction of sp³-hybridized carbons (Fsp3) is 0.222. The number of carbonyl (C=O) groups excluding carboxylic acids is 3. The predicted molar refractivity (Wildman–Crippen MR) is 96.6 cm³/mol. The second-order valence-corrected chi connectivity index (χ2v) is 7.00. The van der Waals surface area contributed by atoms with Gasteiger partial charge in [0.05, 0.1) is 18.3 Å². The molecule has 0 aliphatic carbocycles. The van der Waals surface area contributed by atoms with Crippen molar-refractivity contribution in [3.63, 3.8) is 0 Å². The summed E-state index contributed by atoms with van der Waals surface area (Å²) in [6, 6.07) is 12.8. The summed E-state index contributed by atoms with van der Waals surface area (Å²) in [5.74, 6) is -0.776. The highest BCUT2D eigenvalue weighted by molar-refractivity contribution is 7.10. The van der Waals surface area contributed by atoms with E-state index in [1.807, 2.05) is 47.8 Å². The van der Waals surface area contributed by atoms with Gasteiger partial charge in [-0.3, -0.25) is 14.5 Å². The Morgan fingerprint density at radius 3 is 2.65 bits per heavy atom. The first-order valence-electron chi connectivity index (χ1n) is 8.20. The van der Waals surface area contributed by atoms with Crippen LogP contribution in [0.25, 0.3) is 0 Å². The Morgan fingerprint density at radius 1 is 1.19 bits per heavy atom. The molecule has 1 aromatic heterocycles. The topological polar surface area (TPSA) is 82.1 Å². The van der Waals surface area contributed by atoms with Crippen molar-refractivity contribution in [3.05, 3.63) is 58.3 Å². The van der Waals surface area contributed by atoms with E-state index >= 15 is 0 Å². The number of nitrogens with zero attached hydrogens (tertiary/aromatic N) is 3. The minimum atomic E-state index is -0.539. The zero-order valence-corrected chi connectivity index (χ0v) is 14.6. The van der Waals surface area contributed by atoms with Crippen molar-refractivity contribution in [3.8, 4) is 0 Å². The van der Waals surface area contributed by atoms with E-state index in [9.17, 15) is 14.4 Å². The fourth-order valence-corrected chi connectivity index (χ4v) is 3.88. The molecule has 0 bridgehead atoms. The molecule has 1 N–H and O–H groups in total. The van der Waals surface area contributed by atoms with Gasteiger partial charge in [-0.25, -0.2) is 9.80 Å². The molecule has 2 aliphatic rings. The molecule has 1 aromatic carbocycles. The maximum Gasteiger partial charge on any atom is 0.325 e. The van der Waals surface area contributed by atoms with Crippen LogP contribution in [0.1, 0.15) is 22.9 Å². The van der Waals surface area contributed by atoms with Crippen molar-refractivity contribution in [2.24, 2.45) is 5.10 Å². The highest BCUT2D eigenvalue weighted by Crippen LogP contribution is 2.35. The van der Waals surface area contributed by atoms with Gasteiger partial charge in [0.2, 0.25) is 0 Å². The van der Waals surface area contributed by atoms with Crippen LogP contribution >= 0.6 is 11.3 Å². The maximum atomic E-state index is 12.8. The summed E-state index contributed by atoms with van der Waals surface area (Å²) in [6.07, 6.45) is 0.594. The summed E-state index contributed by atoms with van der Waals surface area (Å²) in [5.41, 5.74) is 1.77. The van der Waals surface area contributed by atoms with Crippen molar-refractivity contribution in [1.29, 1.82) is 0 Å². The largest absolute Gasteiger partial charge is 0.329 e. The minimum absolute atomic E-state index is 0.0704. The third-order valence-electron chi connectivity index (χ3n) is 4.37. The van der Waals surface area contributed by atoms with Gasteiger partial charge in [-0.15, -0.1) is 11.3 Å². The predicted octanol–water partition coefficient (Wildman–Crippen LogP) is 1.98. The summed E-state index contributed by atoms with van der Waals surface area (Å²) in [5, 5.41) is 10.3. The van der Waals surface area contributed by atoms with Crippen LogP contribution in [-0.2, 0) is 9.59 Å². The van der Waals surface area contributed by atoms with Crippen LogP contribution in [0, 0.1) is 0 Å². The Morgan fingerprint density at radius 2 is 2.00 bits per heavy atom. The number of urea groups is 1. The summed E-state index contributed by atoms with van der Waals surface area (Å²) in [4.78, 5) is 38.3. The Kier molecular flexibility index (Phi) is 4.26. The first-order chi connectivity index (χ1) is 12.6. The number of hydrogen-bond acceptors (Lipinski definition) is 5. The lowest BCUT2D eigenvalue weighted by Gasteiger charge is -2.22. The van der Waals surface area contributed by atoms with Gasteiger partial charge in [0, 0.05) is 11.3 Å². The van der Waals surface area contributed by atoms with Crippen molar-refractivity contribution >= 4 is 34.9 Å². The molecule has 3 heterocycles. The van der Waals surface area contributed by atoms with Gasteiger partial charge in [-0.1, -0.05) is 36.4 Å². The third kappa shape index (κ3) is 2.99. The molecule has 4 rings (SSSR count). The second kappa shape index (κ2) is 6.72. The lowest BCUT2D eigenvalue weighted by molar-refractivity contribution is -0.137. The summed E-state index contributed by atoms with van der Waals surface area (Å²) < 4.78 is 0. The normalized spacial score (nSPS) is 19.7. The lowest BCUT2D eigenvalue weighted by Crippen LogP contribution is -2.41. The molecule has 2 aromatic rings. The molecule has 1 saturated heterocycles. The number of imide groups is 1. The molecule has 0 radical (unpaired) electrons. The van der Waals surface area contributed by atoms with E-state index in [-0.39, 0.29) is 25.0 Å². The van der Waals surface area contributed by atoms with Crippen LogP contribution in [0.15, 0.2) is 52.9 Å². The van der Waals surface area contributed by atoms with Gasteiger partial charge >= 0.3 is 6.03 Å². The highest BCUT2D eigenvalue weighted by Gasteiger charge is 2.37. The van der Waals surface area contributed by atoms with Gasteiger partial charge in [-0.2, -0.15) is 5.10 Å². The minimum Gasteiger partial charge on any atom is -0.329 e. The van der Waals surface area contributed by atoms with Gasteiger partial charge < -0.3 is 5.32 Å². The molecule has 1 atom stereocenters. The van der Waals surface area contributed by atoms with Crippen LogP contribution in [0.3, 0.4) is 0 Å². The molecule has 1 unspecified atom stereocenters. The number of thiophene rings is 1. The molecule has 0 saturated carbocycles. The van der Waals surface area contributed by atoms with Gasteiger partial charge in [-0.05, 0) is 17.0 Å². The average molecular weight is 368 g/mol. The molecule has 4 amide bonds. The summed E-state index contributed by atoms with van der Waals surface area (Å²) in [6.45, 7) is -0.378. The Labute approximate surface area is 153 Å². The Bertz CT molecular complexity index is 863. The zero-order valence-electron chi connectivity index (χ0n) is 13.8. The summed E-state index contributed by atoms with van der Waals surface area (Å²) in [7, 11) is 0. The quantitative estimate of drug-likeness (QED) is 0.838. The van der Waals surface area contributed by atoms with Crippen LogP contribution in [0.2, 0.25) is 0 Å². The van der Waals surface area contributed by atoms with E-state index < -0.39 is 11.9 Å². The number of nitrogens with one attached hydrogen (secondary N) is 1. The van der Waals surface area contributed by atoms with Crippen molar-refractivity contribution in [2.75, 3.05) is 13.1 Å². The standard InChI is InChI=1S/C18H16N4O3S/c23-16-10-19-18(25)21(16)11-17(24)22-14(15-7-4-8-26-15)9-13(20-22)12-5-2-1-3-6-12/h1-8,14H,9-11H2,(H,19,25). The average Bonchev–Trinajstić information content (AvgIpc) is 3.38. The SMILES string of the molecule is O=C1CNC(=O)N1CC(=O)N1N=C(c2ccccc2)CC1c1cccs1. The first kappa shape index (κ1) is 16.5. The van der Waals surface area contributed by atoms with E-state index in [4.69, 9.17) is 0 Å². The van der Waals surface area contributed by atoms with Gasteiger partial charge in [0.1, 0.15) is 6.54 Å². The number of carbonyl (C=O) groups is 3. The molecule has 132 valence electrons. The second-order valence-electron chi connectivity index (χ2n) is 6.02. The van der Waals surface area contributed by atoms with Crippen LogP contribution < -0.4 is 5.32 Å². The van der Waals surface area contributed by atoms with Crippen LogP contribution in [0.5, 0.6) is 0 Å². The van der Waals surface area contributed by atoms with E-state index in [0.717, 1.165) is 21.1 Å². The monoisotopic (exact) mass is 368 g/mol. The molecule has 26 heavy (non-hydrogen) atoms. The van der Waals surface area contributed by atoms with Crippen LogP contribution in [0.4, 0.5) is 4.79 Å². The van der Waals surface area contributed by atoms with Gasteiger partial charge in [0.15, 0.2) is 0 Å². The number of hydrogen-bond donors (Lipinski definition) is 1. The Hall–Kier alpha value is -3.00. The number of hydrazone groups is 1. The highest BCUT2D eigenvalue weighted by atomic mass is 32.1. The number of benzene rings is 1. The van der Waals surface area contributed by atoms with Crippen molar-refractivity contribution < 1.29 is 14.4 Å². The first-order valence-corrected chi connectivity index (χ1v) is 9.08.